The van der Waals surface area contributed by atoms with Crippen LogP contribution in [-0.4, -0.2) is 17.8 Å². The first kappa shape index (κ1) is 20.9. The first-order valence-electron chi connectivity index (χ1n) is 9.56. The molecule has 1 heterocycles. The molecule has 0 atom stereocenters. The second kappa shape index (κ2) is 8.81. The molecule has 1 aliphatic rings. The Bertz CT molecular complexity index is 1240. The van der Waals surface area contributed by atoms with Gasteiger partial charge in [0.15, 0.2) is 0 Å². The van der Waals surface area contributed by atoms with Crippen molar-refractivity contribution in [1.29, 1.82) is 0 Å². The number of nitrogens with one attached hydrogen (secondary N) is 1. The molecule has 0 saturated carbocycles. The molecule has 1 fully saturated rings. The minimum atomic E-state index is -0.937. The van der Waals surface area contributed by atoms with Gasteiger partial charge in [0.1, 0.15) is 29.6 Å². The largest absolute Gasteiger partial charge is 0.488 e. The Morgan fingerprint density at radius 2 is 1.56 bits per heavy atom. The van der Waals surface area contributed by atoms with E-state index < -0.39 is 29.5 Å². The molecule has 0 radical (unpaired) electrons. The van der Waals surface area contributed by atoms with Gasteiger partial charge in [0.05, 0.1) is 5.69 Å². The molecule has 0 spiro atoms. The lowest BCUT2D eigenvalue weighted by Crippen LogP contribution is -2.54. The lowest BCUT2D eigenvalue weighted by molar-refractivity contribution is -0.122. The third kappa shape index (κ3) is 4.24. The molecule has 0 bridgehead atoms. The molecule has 160 valence electrons. The van der Waals surface area contributed by atoms with Crippen LogP contribution in [0.2, 0.25) is 0 Å². The second-order valence-corrected chi connectivity index (χ2v) is 6.85. The predicted octanol–water partition coefficient (Wildman–Crippen LogP) is 4.21. The fraction of sp³-hybridized carbons (Fsp3) is 0.0417. The molecule has 3 aromatic carbocycles. The highest BCUT2D eigenvalue weighted by molar-refractivity contribution is 6.39. The first-order valence-corrected chi connectivity index (χ1v) is 9.56. The zero-order valence-corrected chi connectivity index (χ0v) is 16.5. The van der Waals surface area contributed by atoms with E-state index in [2.05, 4.69) is 5.32 Å². The number of urea groups is 1. The van der Waals surface area contributed by atoms with Crippen molar-refractivity contribution in [3.05, 3.63) is 101 Å². The van der Waals surface area contributed by atoms with Crippen LogP contribution in [0.1, 0.15) is 11.1 Å². The SMILES string of the molecule is O=C1NC(=O)N(c2ccc(F)cc2)C(=O)/C1=C/c1ccccc1OCc1ccccc1F. The molecule has 1 N–H and O–H groups in total. The van der Waals surface area contributed by atoms with Gasteiger partial charge in [0.2, 0.25) is 0 Å². The maximum absolute atomic E-state index is 13.9. The van der Waals surface area contributed by atoms with Crippen molar-refractivity contribution in [2.45, 2.75) is 6.61 Å². The standard InChI is InChI=1S/C24H16F2N2O4/c25-17-9-11-18(12-10-17)28-23(30)19(22(29)27-24(28)31)13-15-5-2-4-8-21(15)32-14-16-6-1-3-7-20(16)26/h1-13H,14H2,(H,27,29,31)/b19-13+. The van der Waals surface area contributed by atoms with Crippen molar-refractivity contribution in [3.8, 4) is 5.75 Å². The van der Waals surface area contributed by atoms with Gasteiger partial charge in [-0.2, -0.15) is 0 Å². The highest BCUT2D eigenvalue weighted by Crippen LogP contribution is 2.26. The molecule has 4 rings (SSSR count). The molecule has 3 aromatic rings. The summed E-state index contributed by atoms with van der Waals surface area (Å²) >= 11 is 0. The Morgan fingerprint density at radius 1 is 0.875 bits per heavy atom. The minimum Gasteiger partial charge on any atom is -0.488 e. The van der Waals surface area contributed by atoms with Gasteiger partial charge in [-0.3, -0.25) is 14.9 Å². The number of para-hydroxylation sites is 1. The molecular weight excluding hydrogens is 418 g/mol. The molecule has 0 aliphatic carbocycles. The molecule has 8 heteroatoms. The monoisotopic (exact) mass is 434 g/mol. The average molecular weight is 434 g/mol. The van der Waals surface area contributed by atoms with E-state index in [1.54, 1.807) is 42.5 Å². The molecule has 1 aliphatic heterocycles. The summed E-state index contributed by atoms with van der Waals surface area (Å²) in [6, 6.07) is 16.5. The normalized spacial score (nSPS) is 15.1. The summed E-state index contributed by atoms with van der Waals surface area (Å²) < 4.78 is 32.8. The van der Waals surface area contributed by atoms with Gasteiger partial charge < -0.3 is 4.74 Å². The molecular formula is C24H16F2N2O4. The van der Waals surface area contributed by atoms with Gasteiger partial charge in [-0.1, -0.05) is 36.4 Å². The van der Waals surface area contributed by atoms with Crippen LogP contribution < -0.4 is 15.0 Å². The number of hydrogen-bond donors (Lipinski definition) is 1. The van der Waals surface area contributed by atoms with E-state index in [1.807, 2.05) is 0 Å². The van der Waals surface area contributed by atoms with E-state index >= 15 is 0 Å². The summed E-state index contributed by atoms with van der Waals surface area (Å²) in [4.78, 5) is 38.3. The number of halogens is 2. The van der Waals surface area contributed by atoms with Crippen LogP contribution in [0.25, 0.3) is 6.08 Å². The van der Waals surface area contributed by atoms with E-state index in [0.29, 0.717) is 16.9 Å². The zero-order valence-electron chi connectivity index (χ0n) is 16.5. The van der Waals surface area contributed by atoms with Crippen molar-refractivity contribution in [3.63, 3.8) is 0 Å². The number of benzene rings is 3. The molecule has 4 amide bonds. The van der Waals surface area contributed by atoms with Gasteiger partial charge >= 0.3 is 6.03 Å². The summed E-state index contributed by atoms with van der Waals surface area (Å²) in [6.45, 7) is -0.0623. The van der Waals surface area contributed by atoms with Gasteiger partial charge in [-0.05, 0) is 42.5 Å². The Labute approximate surface area is 181 Å². The quantitative estimate of drug-likeness (QED) is 0.482. The average Bonchev–Trinajstić information content (AvgIpc) is 2.78. The van der Waals surface area contributed by atoms with Crippen LogP contribution in [-0.2, 0) is 16.2 Å². The first-order chi connectivity index (χ1) is 15.4. The summed E-state index contributed by atoms with van der Waals surface area (Å²) in [7, 11) is 0. The fourth-order valence-corrected chi connectivity index (χ4v) is 3.14. The van der Waals surface area contributed by atoms with Gasteiger partial charge in [0, 0.05) is 11.1 Å². The van der Waals surface area contributed by atoms with Crippen LogP contribution in [0.15, 0.2) is 78.4 Å². The van der Waals surface area contributed by atoms with Crippen molar-refractivity contribution in [2.75, 3.05) is 4.90 Å². The smallest absolute Gasteiger partial charge is 0.335 e. The number of imide groups is 2. The predicted molar refractivity (Wildman–Crippen MR) is 113 cm³/mol. The lowest BCUT2D eigenvalue weighted by Gasteiger charge is -2.26. The Kier molecular flexibility index (Phi) is 5.76. The summed E-state index contributed by atoms with van der Waals surface area (Å²) in [5.74, 6) is -2.38. The lowest BCUT2D eigenvalue weighted by atomic mass is 10.1. The summed E-state index contributed by atoms with van der Waals surface area (Å²) in [6.07, 6.45) is 1.29. The third-order valence-electron chi connectivity index (χ3n) is 4.75. The van der Waals surface area contributed by atoms with Crippen molar-refractivity contribution >= 4 is 29.6 Å². The van der Waals surface area contributed by atoms with E-state index in [1.165, 1.54) is 24.3 Å². The molecule has 0 aromatic heterocycles. The van der Waals surface area contributed by atoms with Crippen LogP contribution in [0.4, 0.5) is 19.3 Å². The van der Waals surface area contributed by atoms with Crippen molar-refractivity contribution < 1.29 is 27.9 Å². The fourth-order valence-electron chi connectivity index (χ4n) is 3.14. The van der Waals surface area contributed by atoms with Gasteiger partial charge in [0.25, 0.3) is 11.8 Å². The number of carbonyl (C=O) groups is 3. The third-order valence-corrected chi connectivity index (χ3v) is 4.75. The second-order valence-electron chi connectivity index (χ2n) is 6.85. The van der Waals surface area contributed by atoms with E-state index in [4.69, 9.17) is 4.74 Å². The van der Waals surface area contributed by atoms with E-state index in [0.717, 1.165) is 17.0 Å². The van der Waals surface area contributed by atoms with Gasteiger partial charge in [-0.15, -0.1) is 0 Å². The van der Waals surface area contributed by atoms with Crippen LogP contribution >= 0.6 is 0 Å². The number of ether oxygens (including phenoxy) is 1. The Balaban J connectivity index is 1.64. The van der Waals surface area contributed by atoms with E-state index in [-0.39, 0.29) is 17.9 Å². The number of nitrogens with zero attached hydrogens (tertiary/aromatic N) is 1. The van der Waals surface area contributed by atoms with Crippen LogP contribution in [0.5, 0.6) is 5.75 Å². The maximum atomic E-state index is 13.9. The summed E-state index contributed by atoms with van der Waals surface area (Å²) in [5, 5.41) is 2.10. The highest BCUT2D eigenvalue weighted by atomic mass is 19.1. The zero-order chi connectivity index (χ0) is 22.7. The maximum Gasteiger partial charge on any atom is 0.335 e. The number of barbiturate groups is 1. The number of rotatable bonds is 5. The molecule has 0 unspecified atom stereocenters. The number of hydrogen-bond acceptors (Lipinski definition) is 4. The van der Waals surface area contributed by atoms with Gasteiger partial charge in [-0.25, -0.2) is 18.5 Å². The van der Waals surface area contributed by atoms with Crippen LogP contribution in [0.3, 0.4) is 0 Å². The Hall–Kier alpha value is -4.33. The summed E-state index contributed by atoms with van der Waals surface area (Å²) in [5.41, 5.74) is 0.525. The Morgan fingerprint density at radius 3 is 2.31 bits per heavy atom. The molecule has 6 nitrogen and oxygen atoms in total. The number of anilines is 1. The number of amides is 4. The molecule has 1 saturated heterocycles. The van der Waals surface area contributed by atoms with E-state index in [9.17, 15) is 23.2 Å². The molecule has 32 heavy (non-hydrogen) atoms. The number of carbonyl (C=O) groups excluding carboxylic acids is 3. The topological polar surface area (TPSA) is 75.7 Å². The van der Waals surface area contributed by atoms with Crippen LogP contribution in [0, 0.1) is 11.6 Å². The van der Waals surface area contributed by atoms with Crippen molar-refractivity contribution in [2.24, 2.45) is 0 Å². The van der Waals surface area contributed by atoms with Crippen molar-refractivity contribution in [1.82, 2.24) is 5.32 Å². The minimum absolute atomic E-state index is 0.0623. The highest BCUT2D eigenvalue weighted by Gasteiger charge is 2.37.